The third-order valence-corrected chi connectivity index (χ3v) is 6.24. The SMILES string of the molecule is O=C(O)c1c(I)cc(I)c(NCc2cnc(Cl)s2)c1I. The van der Waals surface area contributed by atoms with Gasteiger partial charge in [0, 0.05) is 18.2 Å². The molecule has 0 unspecified atom stereocenters. The number of anilines is 1. The zero-order chi connectivity index (χ0) is 14.9. The minimum atomic E-state index is -0.918. The Hall–Kier alpha value is 0.600. The fourth-order valence-electron chi connectivity index (χ4n) is 1.49. The maximum Gasteiger partial charge on any atom is 0.337 e. The van der Waals surface area contributed by atoms with Crippen molar-refractivity contribution in [1.29, 1.82) is 0 Å². The molecule has 0 aliphatic carbocycles. The fourth-order valence-corrected chi connectivity index (χ4v) is 6.62. The van der Waals surface area contributed by atoms with Crippen LogP contribution < -0.4 is 5.32 Å². The summed E-state index contributed by atoms with van der Waals surface area (Å²) in [6.45, 7) is 0.566. The van der Waals surface area contributed by atoms with E-state index in [1.54, 1.807) is 6.20 Å². The Bertz CT molecular complexity index is 678. The van der Waals surface area contributed by atoms with Crippen LogP contribution >= 0.6 is 90.7 Å². The highest BCUT2D eigenvalue weighted by Gasteiger charge is 2.19. The minimum absolute atomic E-state index is 0.330. The molecule has 1 heterocycles. The normalized spacial score (nSPS) is 10.6. The van der Waals surface area contributed by atoms with Crippen molar-refractivity contribution in [2.45, 2.75) is 6.54 Å². The number of thiazole rings is 1. The third kappa shape index (κ3) is 3.87. The maximum absolute atomic E-state index is 11.3. The van der Waals surface area contributed by atoms with Crippen LogP contribution in [0.1, 0.15) is 15.2 Å². The van der Waals surface area contributed by atoms with Crippen LogP contribution in [0.4, 0.5) is 5.69 Å². The number of nitrogens with zero attached hydrogens (tertiary/aromatic N) is 1. The Morgan fingerprint density at radius 3 is 2.65 bits per heavy atom. The van der Waals surface area contributed by atoms with Crippen molar-refractivity contribution >= 4 is 102 Å². The van der Waals surface area contributed by atoms with E-state index in [0.29, 0.717) is 20.1 Å². The van der Waals surface area contributed by atoms with Crippen molar-refractivity contribution in [1.82, 2.24) is 4.98 Å². The summed E-state index contributed by atoms with van der Waals surface area (Å²) in [4.78, 5) is 16.3. The van der Waals surface area contributed by atoms with Gasteiger partial charge in [0.1, 0.15) is 0 Å². The van der Waals surface area contributed by atoms with E-state index >= 15 is 0 Å². The summed E-state index contributed by atoms with van der Waals surface area (Å²) in [6, 6.07) is 1.86. The van der Waals surface area contributed by atoms with Gasteiger partial charge in [-0.2, -0.15) is 0 Å². The van der Waals surface area contributed by atoms with Gasteiger partial charge in [-0.1, -0.05) is 11.6 Å². The number of hydrogen-bond acceptors (Lipinski definition) is 4. The quantitative estimate of drug-likeness (QED) is 0.464. The Morgan fingerprint density at radius 2 is 2.10 bits per heavy atom. The van der Waals surface area contributed by atoms with Crippen LogP contribution in [0, 0.1) is 10.7 Å². The molecule has 0 atom stereocenters. The lowest BCUT2D eigenvalue weighted by molar-refractivity contribution is 0.0694. The predicted molar refractivity (Wildman–Crippen MR) is 106 cm³/mol. The smallest absolute Gasteiger partial charge is 0.337 e. The van der Waals surface area contributed by atoms with Crippen LogP contribution in [-0.4, -0.2) is 16.1 Å². The molecule has 1 aromatic heterocycles. The highest BCUT2D eigenvalue weighted by molar-refractivity contribution is 14.1. The largest absolute Gasteiger partial charge is 0.478 e. The molecule has 0 bridgehead atoms. The molecule has 0 radical (unpaired) electrons. The number of carbonyl (C=O) groups is 1. The molecular weight excluding hydrogens is 640 g/mol. The van der Waals surface area contributed by atoms with Crippen molar-refractivity contribution in [3.63, 3.8) is 0 Å². The molecular formula is C11H6ClI3N2O2S. The Balaban J connectivity index is 2.31. The number of aromatic nitrogens is 1. The van der Waals surface area contributed by atoms with Gasteiger partial charge in [0.15, 0.2) is 4.47 Å². The summed E-state index contributed by atoms with van der Waals surface area (Å²) in [7, 11) is 0. The molecule has 1 aromatic carbocycles. The molecule has 106 valence electrons. The van der Waals surface area contributed by atoms with E-state index in [9.17, 15) is 9.90 Å². The zero-order valence-corrected chi connectivity index (χ0v) is 17.6. The number of nitrogens with one attached hydrogen (secondary N) is 1. The van der Waals surface area contributed by atoms with Crippen LogP contribution in [0.5, 0.6) is 0 Å². The average Bonchev–Trinajstić information content (AvgIpc) is 2.73. The van der Waals surface area contributed by atoms with Gasteiger partial charge in [-0.05, 0) is 73.8 Å². The average molecular weight is 646 g/mol. The highest BCUT2D eigenvalue weighted by Crippen LogP contribution is 2.32. The van der Waals surface area contributed by atoms with Crippen LogP contribution in [0.15, 0.2) is 12.3 Å². The molecule has 2 aromatic rings. The lowest BCUT2D eigenvalue weighted by atomic mass is 10.2. The molecule has 9 heteroatoms. The number of carboxylic acids is 1. The molecule has 0 saturated heterocycles. The van der Waals surface area contributed by atoms with Gasteiger partial charge in [0.05, 0.1) is 21.4 Å². The fraction of sp³-hybridized carbons (Fsp3) is 0.0909. The topological polar surface area (TPSA) is 62.2 Å². The first-order valence-corrected chi connectivity index (χ1v) is 9.58. The number of halogens is 4. The minimum Gasteiger partial charge on any atom is -0.478 e. The van der Waals surface area contributed by atoms with Crippen LogP contribution in [-0.2, 0) is 6.54 Å². The summed E-state index contributed by atoms with van der Waals surface area (Å²) in [6.07, 6.45) is 1.71. The second kappa shape index (κ2) is 7.24. The van der Waals surface area contributed by atoms with E-state index in [1.165, 1.54) is 11.3 Å². The Labute approximate surface area is 165 Å². The highest BCUT2D eigenvalue weighted by atomic mass is 127. The standard InChI is InChI=1S/C11H6ClI3N2O2S/c12-11-17-3-4(20-11)2-16-9-6(14)1-5(13)7(8(9)15)10(18)19/h1,3,16H,2H2,(H,18,19). The van der Waals surface area contributed by atoms with Gasteiger partial charge in [-0.3, -0.25) is 0 Å². The first-order chi connectivity index (χ1) is 9.40. The molecule has 2 rings (SSSR count). The molecule has 0 aliphatic rings. The Morgan fingerprint density at radius 1 is 1.40 bits per heavy atom. The van der Waals surface area contributed by atoms with Gasteiger partial charge in [0.25, 0.3) is 0 Å². The van der Waals surface area contributed by atoms with Gasteiger partial charge >= 0.3 is 5.97 Å². The number of benzene rings is 1. The van der Waals surface area contributed by atoms with Crippen LogP contribution in [0.2, 0.25) is 4.47 Å². The zero-order valence-electron chi connectivity index (χ0n) is 9.58. The van der Waals surface area contributed by atoms with E-state index in [4.69, 9.17) is 11.6 Å². The van der Waals surface area contributed by atoms with Crippen molar-refractivity contribution < 1.29 is 9.90 Å². The predicted octanol–water partition coefficient (Wildman–Crippen LogP) is 4.92. The van der Waals surface area contributed by atoms with E-state index in [0.717, 1.165) is 17.7 Å². The Kier molecular flexibility index (Phi) is 6.14. The number of carboxylic acid groups (broad SMARTS) is 1. The van der Waals surface area contributed by atoms with E-state index in [2.05, 4.69) is 55.5 Å². The summed E-state index contributed by atoms with van der Waals surface area (Å²) >= 11 is 13.5. The molecule has 0 aliphatic heterocycles. The van der Waals surface area contributed by atoms with E-state index in [-0.39, 0.29) is 0 Å². The van der Waals surface area contributed by atoms with Gasteiger partial charge in [-0.15, -0.1) is 11.3 Å². The molecule has 0 spiro atoms. The first-order valence-electron chi connectivity index (χ1n) is 5.15. The monoisotopic (exact) mass is 646 g/mol. The third-order valence-electron chi connectivity index (χ3n) is 2.35. The molecule has 0 fully saturated rings. The lowest BCUT2D eigenvalue weighted by Gasteiger charge is -2.13. The van der Waals surface area contributed by atoms with Crippen molar-refractivity contribution in [2.24, 2.45) is 0 Å². The maximum atomic E-state index is 11.3. The summed E-state index contributed by atoms with van der Waals surface area (Å²) in [5.41, 5.74) is 1.16. The second-order valence-corrected chi connectivity index (χ2v) is 8.74. The van der Waals surface area contributed by atoms with E-state index < -0.39 is 5.97 Å². The molecule has 20 heavy (non-hydrogen) atoms. The van der Waals surface area contributed by atoms with Gasteiger partial charge < -0.3 is 10.4 Å². The van der Waals surface area contributed by atoms with Crippen LogP contribution in [0.25, 0.3) is 0 Å². The second-order valence-electron chi connectivity index (χ2n) is 3.64. The van der Waals surface area contributed by atoms with Crippen LogP contribution in [0.3, 0.4) is 0 Å². The van der Waals surface area contributed by atoms with Crippen molar-refractivity contribution in [2.75, 3.05) is 5.32 Å². The molecule has 2 N–H and O–H groups in total. The number of hydrogen-bond donors (Lipinski definition) is 2. The first kappa shape index (κ1) is 17.0. The van der Waals surface area contributed by atoms with Gasteiger partial charge in [-0.25, -0.2) is 9.78 Å². The molecule has 4 nitrogen and oxygen atoms in total. The summed E-state index contributed by atoms with van der Waals surface area (Å²) in [5.74, 6) is -0.918. The van der Waals surface area contributed by atoms with Crippen molar-refractivity contribution in [3.05, 3.63) is 37.9 Å². The molecule has 0 amide bonds. The van der Waals surface area contributed by atoms with Gasteiger partial charge in [0.2, 0.25) is 0 Å². The summed E-state index contributed by atoms with van der Waals surface area (Å²) in [5, 5.41) is 12.5. The lowest BCUT2D eigenvalue weighted by Crippen LogP contribution is -2.09. The number of rotatable bonds is 4. The molecule has 0 saturated carbocycles. The van der Waals surface area contributed by atoms with E-state index in [1.807, 2.05) is 28.7 Å². The summed E-state index contributed by atoms with van der Waals surface area (Å²) < 4.78 is 2.93. The number of aromatic carboxylic acids is 1. The van der Waals surface area contributed by atoms with Crippen molar-refractivity contribution in [3.8, 4) is 0 Å².